The Labute approximate surface area is 216 Å². The smallest absolute Gasteiger partial charge is 0.406 e. The quantitative estimate of drug-likeness (QED) is 0.284. The van der Waals surface area contributed by atoms with E-state index in [-0.39, 0.29) is 5.75 Å². The van der Waals surface area contributed by atoms with Crippen molar-refractivity contribution in [3.8, 4) is 22.6 Å². The second-order valence-electron chi connectivity index (χ2n) is 8.47. The van der Waals surface area contributed by atoms with Gasteiger partial charge in [0.2, 0.25) is 5.91 Å². The molecule has 2 N–H and O–H groups in total. The molecule has 5 rings (SSSR count). The average molecular weight is 515 g/mol. The molecule has 0 spiro atoms. The summed E-state index contributed by atoms with van der Waals surface area (Å²) in [6, 6.07) is 29.9. The topological polar surface area (TPSA) is 83.0 Å². The summed E-state index contributed by atoms with van der Waals surface area (Å²) >= 11 is 0. The van der Waals surface area contributed by atoms with Crippen molar-refractivity contribution in [2.24, 2.45) is 5.73 Å². The number of nitrogens with two attached hydrogens (primary N) is 1. The molecule has 1 aromatic heterocycles. The molecule has 0 saturated heterocycles. The predicted molar refractivity (Wildman–Crippen MR) is 136 cm³/mol. The molecule has 0 aliphatic rings. The molecule has 6 nitrogen and oxygen atoms in total. The highest BCUT2D eigenvalue weighted by Gasteiger charge is 2.31. The third-order valence-electron chi connectivity index (χ3n) is 5.96. The number of carbonyl (C=O) groups is 1. The molecule has 1 unspecified atom stereocenters. The van der Waals surface area contributed by atoms with Gasteiger partial charge in [-0.15, -0.1) is 13.2 Å². The molecule has 4 aromatic carbocycles. The second-order valence-corrected chi connectivity index (χ2v) is 8.47. The van der Waals surface area contributed by atoms with Crippen LogP contribution in [0.3, 0.4) is 0 Å². The number of nitrogens with zero attached hydrogens (tertiary/aromatic N) is 3. The molecule has 0 saturated carbocycles. The summed E-state index contributed by atoms with van der Waals surface area (Å²) in [6.45, 7) is 0. The number of carbonyl (C=O) groups excluding carboxylic acids is 1. The summed E-state index contributed by atoms with van der Waals surface area (Å²) in [5.74, 6) is -0.888. The SMILES string of the molecule is NC(=O)c1cc(C(c2ccccc2)c2ncn(-c3ccc(OC(F)(F)F)cc3)n2)ccc1-c1ccccc1. The first kappa shape index (κ1) is 24.8. The predicted octanol–water partition coefficient (Wildman–Crippen LogP) is 6.11. The van der Waals surface area contributed by atoms with Gasteiger partial charge in [-0.2, -0.15) is 5.10 Å². The van der Waals surface area contributed by atoms with Gasteiger partial charge in [-0.3, -0.25) is 4.79 Å². The van der Waals surface area contributed by atoms with Gasteiger partial charge in [-0.25, -0.2) is 9.67 Å². The largest absolute Gasteiger partial charge is 0.573 e. The van der Waals surface area contributed by atoms with E-state index in [1.54, 1.807) is 6.07 Å². The number of ether oxygens (including phenoxy) is 1. The molecule has 0 bridgehead atoms. The molecule has 1 heterocycles. The van der Waals surface area contributed by atoms with Crippen LogP contribution in [0.5, 0.6) is 5.75 Å². The van der Waals surface area contributed by atoms with Crippen LogP contribution < -0.4 is 10.5 Å². The molecule has 9 heteroatoms. The van der Waals surface area contributed by atoms with Crippen molar-refractivity contribution in [3.63, 3.8) is 0 Å². The number of hydrogen-bond acceptors (Lipinski definition) is 4. The maximum absolute atomic E-state index is 12.5. The number of aromatic nitrogens is 3. The average Bonchev–Trinajstić information content (AvgIpc) is 3.39. The van der Waals surface area contributed by atoms with Crippen molar-refractivity contribution in [2.45, 2.75) is 12.3 Å². The van der Waals surface area contributed by atoms with Crippen molar-refractivity contribution in [3.05, 3.63) is 132 Å². The first-order valence-corrected chi connectivity index (χ1v) is 11.6. The van der Waals surface area contributed by atoms with Crippen LogP contribution in [0.2, 0.25) is 0 Å². The van der Waals surface area contributed by atoms with E-state index >= 15 is 0 Å². The number of hydrogen-bond donors (Lipinski definition) is 1. The van der Waals surface area contributed by atoms with Crippen LogP contribution in [-0.4, -0.2) is 27.0 Å². The van der Waals surface area contributed by atoms with Gasteiger partial charge >= 0.3 is 6.36 Å². The van der Waals surface area contributed by atoms with E-state index in [1.807, 2.05) is 72.8 Å². The summed E-state index contributed by atoms with van der Waals surface area (Å²) in [4.78, 5) is 17.0. The van der Waals surface area contributed by atoms with E-state index in [4.69, 9.17) is 5.73 Å². The van der Waals surface area contributed by atoms with Gasteiger partial charge in [0.05, 0.1) is 11.6 Å². The van der Waals surface area contributed by atoms with Gasteiger partial charge in [0, 0.05) is 5.56 Å². The molecule has 1 atom stereocenters. The normalized spacial score (nSPS) is 12.2. The Morgan fingerprint density at radius 3 is 2.13 bits per heavy atom. The van der Waals surface area contributed by atoms with Crippen molar-refractivity contribution < 1.29 is 22.7 Å². The van der Waals surface area contributed by atoms with Crippen molar-refractivity contribution in [2.75, 3.05) is 0 Å². The van der Waals surface area contributed by atoms with Crippen LogP contribution >= 0.6 is 0 Å². The molecule has 0 radical (unpaired) electrons. The van der Waals surface area contributed by atoms with E-state index in [0.717, 1.165) is 16.7 Å². The van der Waals surface area contributed by atoms with Crippen LogP contribution in [0.15, 0.2) is 109 Å². The van der Waals surface area contributed by atoms with Gasteiger partial charge in [0.1, 0.15) is 12.1 Å². The first-order chi connectivity index (χ1) is 18.3. The number of primary amides is 1. The monoisotopic (exact) mass is 514 g/mol. The molecule has 190 valence electrons. The van der Waals surface area contributed by atoms with Gasteiger partial charge in [0.25, 0.3) is 0 Å². The summed E-state index contributed by atoms with van der Waals surface area (Å²) in [6.07, 6.45) is -3.29. The Bertz CT molecular complexity index is 1550. The minimum Gasteiger partial charge on any atom is -0.406 e. The molecular weight excluding hydrogens is 493 g/mol. The van der Waals surface area contributed by atoms with Crippen LogP contribution in [0.1, 0.15) is 33.2 Å². The summed E-state index contributed by atoms with van der Waals surface area (Å²) in [5.41, 5.74) is 9.88. The zero-order valence-corrected chi connectivity index (χ0v) is 19.8. The highest BCUT2D eigenvalue weighted by Crippen LogP contribution is 2.34. The summed E-state index contributed by atoms with van der Waals surface area (Å²) in [5, 5.41) is 4.62. The fourth-order valence-electron chi connectivity index (χ4n) is 4.28. The molecule has 0 fully saturated rings. The highest BCUT2D eigenvalue weighted by molar-refractivity contribution is 6.00. The maximum Gasteiger partial charge on any atom is 0.573 e. The summed E-state index contributed by atoms with van der Waals surface area (Å²) in [7, 11) is 0. The number of alkyl halides is 3. The molecule has 38 heavy (non-hydrogen) atoms. The fourth-order valence-corrected chi connectivity index (χ4v) is 4.28. The van der Waals surface area contributed by atoms with Gasteiger partial charge in [0.15, 0.2) is 5.82 Å². The third-order valence-corrected chi connectivity index (χ3v) is 5.96. The van der Waals surface area contributed by atoms with Crippen LogP contribution in [0, 0.1) is 0 Å². The molecule has 0 aliphatic carbocycles. The molecule has 0 aliphatic heterocycles. The minimum atomic E-state index is -4.77. The lowest BCUT2D eigenvalue weighted by molar-refractivity contribution is -0.274. The van der Waals surface area contributed by atoms with Gasteiger partial charge in [-0.05, 0) is 52.6 Å². The highest BCUT2D eigenvalue weighted by atomic mass is 19.4. The van der Waals surface area contributed by atoms with E-state index < -0.39 is 18.2 Å². The van der Waals surface area contributed by atoms with Crippen LogP contribution in [0.4, 0.5) is 13.2 Å². The Morgan fingerprint density at radius 2 is 1.50 bits per heavy atom. The van der Waals surface area contributed by atoms with E-state index in [2.05, 4.69) is 14.8 Å². The molecule has 1 amide bonds. The zero-order chi connectivity index (χ0) is 26.7. The lowest BCUT2D eigenvalue weighted by Crippen LogP contribution is -2.17. The van der Waals surface area contributed by atoms with E-state index in [1.165, 1.54) is 35.3 Å². The van der Waals surface area contributed by atoms with Gasteiger partial charge in [-0.1, -0.05) is 72.8 Å². The van der Waals surface area contributed by atoms with E-state index in [9.17, 15) is 18.0 Å². The van der Waals surface area contributed by atoms with Crippen molar-refractivity contribution in [1.82, 2.24) is 14.8 Å². The maximum atomic E-state index is 12.5. The number of amides is 1. The Balaban J connectivity index is 1.54. The third kappa shape index (κ3) is 5.41. The first-order valence-electron chi connectivity index (χ1n) is 11.6. The second kappa shape index (κ2) is 10.2. The molecular formula is C29H21F3N4O2. The lowest BCUT2D eigenvalue weighted by atomic mass is 9.87. The zero-order valence-electron chi connectivity index (χ0n) is 19.8. The van der Waals surface area contributed by atoms with Crippen molar-refractivity contribution >= 4 is 5.91 Å². The van der Waals surface area contributed by atoms with Gasteiger partial charge < -0.3 is 10.5 Å². The summed E-state index contributed by atoms with van der Waals surface area (Å²) < 4.78 is 42.9. The Morgan fingerprint density at radius 1 is 0.842 bits per heavy atom. The van der Waals surface area contributed by atoms with E-state index in [0.29, 0.717) is 22.6 Å². The number of benzene rings is 4. The Kier molecular flexibility index (Phi) is 6.66. The Hall–Kier alpha value is -4.92. The number of rotatable bonds is 7. The van der Waals surface area contributed by atoms with Crippen molar-refractivity contribution in [1.29, 1.82) is 0 Å². The minimum absolute atomic E-state index is 0.332. The number of halogens is 3. The lowest BCUT2D eigenvalue weighted by Gasteiger charge is -2.17. The molecule has 5 aromatic rings. The fraction of sp³-hybridized carbons (Fsp3) is 0.0690. The standard InChI is InChI=1S/C29H21F3N4O2/c30-29(31,32)38-23-14-12-22(13-15-23)36-18-34-28(35-36)26(20-9-5-2-6-10-20)21-11-16-24(25(17-21)27(33)37)19-7-3-1-4-8-19/h1-18,26H,(H2,33,37). The van der Waals surface area contributed by atoms with Crippen LogP contribution in [-0.2, 0) is 0 Å². The van der Waals surface area contributed by atoms with Crippen LogP contribution in [0.25, 0.3) is 16.8 Å².